The molecule has 112 valence electrons. The Morgan fingerprint density at radius 1 is 1.21 bits per heavy atom. The molecule has 2 nitrogen and oxygen atoms in total. The normalized spacial score (nSPS) is 24.3. The van der Waals surface area contributed by atoms with E-state index in [9.17, 15) is 0 Å². The highest BCUT2D eigenvalue weighted by Gasteiger charge is 2.31. The molecule has 0 atom stereocenters. The molecule has 1 rings (SSSR count). The number of hydrogen-bond acceptors (Lipinski definition) is 1. The van der Waals surface area contributed by atoms with Crippen LogP contribution in [-0.2, 0) is 0 Å². The zero-order chi connectivity index (χ0) is 14.5. The van der Waals surface area contributed by atoms with E-state index in [-0.39, 0.29) is 0 Å². The lowest BCUT2D eigenvalue weighted by molar-refractivity contribution is 0.141. The SMILES string of the molecule is CCC(C)(C)C1CCC(NC(=S)NCC(C)C)CC1. The third-order valence-corrected chi connectivity index (χ3v) is 5.01. The minimum atomic E-state index is 0.501. The molecule has 1 saturated carbocycles. The molecule has 2 N–H and O–H groups in total. The topological polar surface area (TPSA) is 24.1 Å². The van der Waals surface area contributed by atoms with Crippen LogP contribution in [0.2, 0.25) is 0 Å². The van der Waals surface area contributed by atoms with Gasteiger partial charge in [0.05, 0.1) is 0 Å². The zero-order valence-corrected chi connectivity index (χ0v) is 14.2. The second-order valence-electron chi connectivity index (χ2n) is 7.14. The fourth-order valence-electron chi connectivity index (χ4n) is 2.84. The van der Waals surface area contributed by atoms with Gasteiger partial charge in [0.2, 0.25) is 0 Å². The van der Waals surface area contributed by atoms with E-state index in [1.165, 1.54) is 32.1 Å². The summed E-state index contributed by atoms with van der Waals surface area (Å²) in [6.45, 7) is 12.5. The average molecular weight is 285 g/mol. The Labute approximate surface area is 125 Å². The number of rotatable bonds is 5. The molecule has 1 fully saturated rings. The summed E-state index contributed by atoms with van der Waals surface area (Å²) in [5, 5.41) is 7.63. The molecule has 0 aromatic carbocycles. The molecule has 0 unspecified atom stereocenters. The molecule has 0 heterocycles. The smallest absolute Gasteiger partial charge is 0.166 e. The summed E-state index contributed by atoms with van der Waals surface area (Å²) in [6.07, 6.45) is 6.48. The van der Waals surface area contributed by atoms with Gasteiger partial charge in [0.1, 0.15) is 0 Å². The van der Waals surface area contributed by atoms with Crippen LogP contribution in [0.4, 0.5) is 0 Å². The van der Waals surface area contributed by atoms with Crippen molar-refractivity contribution in [2.75, 3.05) is 6.54 Å². The van der Waals surface area contributed by atoms with E-state index in [4.69, 9.17) is 12.2 Å². The zero-order valence-electron chi connectivity index (χ0n) is 13.4. The third kappa shape index (κ3) is 5.68. The number of thiocarbonyl (C=S) groups is 1. The molecule has 0 bridgehead atoms. The van der Waals surface area contributed by atoms with Crippen molar-refractivity contribution in [3.8, 4) is 0 Å². The van der Waals surface area contributed by atoms with Gasteiger partial charge in [0.15, 0.2) is 5.11 Å². The highest BCUT2D eigenvalue weighted by atomic mass is 32.1. The van der Waals surface area contributed by atoms with Gasteiger partial charge >= 0.3 is 0 Å². The van der Waals surface area contributed by atoms with Gasteiger partial charge in [-0.2, -0.15) is 0 Å². The fraction of sp³-hybridized carbons (Fsp3) is 0.938. The lowest BCUT2D eigenvalue weighted by atomic mass is 9.69. The first-order chi connectivity index (χ1) is 8.85. The molecular formula is C16H32N2S. The van der Waals surface area contributed by atoms with Crippen LogP contribution in [0.25, 0.3) is 0 Å². The maximum absolute atomic E-state index is 5.36. The summed E-state index contributed by atoms with van der Waals surface area (Å²) < 4.78 is 0. The molecule has 0 aliphatic heterocycles. The number of hydrogen-bond donors (Lipinski definition) is 2. The van der Waals surface area contributed by atoms with E-state index >= 15 is 0 Å². The molecule has 0 aromatic rings. The van der Waals surface area contributed by atoms with Crippen molar-refractivity contribution in [2.45, 2.75) is 72.8 Å². The monoisotopic (exact) mass is 284 g/mol. The van der Waals surface area contributed by atoms with E-state index in [0.717, 1.165) is 17.6 Å². The maximum atomic E-state index is 5.36. The molecule has 1 aliphatic rings. The molecule has 0 aromatic heterocycles. The summed E-state index contributed by atoms with van der Waals surface area (Å²) in [6, 6.07) is 0.580. The largest absolute Gasteiger partial charge is 0.362 e. The Kier molecular flexibility index (Phi) is 6.58. The van der Waals surface area contributed by atoms with Crippen molar-refractivity contribution in [1.82, 2.24) is 10.6 Å². The fourth-order valence-corrected chi connectivity index (χ4v) is 3.09. The van der Waals surface area contributed by atoms with Crippen LogP contribution in [0.5, 0.6) is 0 Å². The van der Waals surface area contributed by atoms with Gasteiger partial charge < -0.3 is 10.6 Å². The van der Waals surface area contributed by atoms with Crippen LogP contribution >= 0.6 is 12.2 Å². The lowest BCUT2D eigenvalue weighted by Crippen LogP contribution is -2.45. The van der Waals surface area contributed by atoms with E-state index in [2.05, 4.69) is 45.3 Å². The van der Waals surface area contributed by atoms with Crippen molar-refractivity contribution >= 4 is 17.3 Å². The summed E-state index contributed by atoms with van der Waals surface area (Å²) in [7, 11) is 0. The number of nitrogens with one attached hydrogen (secondary N) is 2. The Bertz CT molecular complexity index is 278. The Hall–Kier alpha value is -0.310. The average Bonchev–Trinajstić information content (AvgIpc) is 2.37. The highest BCUT2D eigenvalue weighted by molar-refractivity contribution is 7.80. The van der Waals surface area contributed by atoms with Crippen molar-refractivity contribution in [3.05, 3.63) is 0 Å². The molecular weight excluding hydrogens is 252 g/mol. The van der Waals surface area contributed by atoms with E-state index in [1.54, 1.807) is 0 Å². The van der Waals surface area contributed by atoms with Gasteiger partial charge in [-0.3, -0.25) is 0 Å². The van der Waals surface area contributed by atoms with Crippen LogP contribution in [-0.4, -0.2) is 17.7 Å². The third-order valence-electron chi connectivity index (χ3n) is 4.75. The van der Waals surface area contributed by atoms with Gasteiger partial charge in [-0.1, -0.05) is 41.0 Å². The summed E-state index contributed by atoms with van der Waals surface area (Å²) >= 11 is 5.36. The Morgan fingerprint density at radius 2 is 1.79 bits per heavy atom. The second-order valence-corrected chi connectivity index (χ2v) is 7.55. The van der Waals surface area contributed by atoms with Gasteiger partial charge in [-0.05, 0) is 55.2 Å². The van der Waals surface area contributed by atoms with Crippen LogP contribution in [0.15, 0.2) is 0 Å². The summed E-state index contributed by atoms with van der Waals surface area (Å²) in [4.78, 5) is 0. The summed E-state index contributed by atoms with van der Waals surface area (Å²) in [5.74, 6) is 1.52. The Balaban J connectivity index is 2.28. The van der Waals surface area contributed by atoms with Gasteiger partial charge in [0, 0.05) is 12.6 Å². The van der Waals surface area contributed by atoms with Crippen molar-refractivity contribution < 1.29 is 0 Å². The Morgan fingerprint density at radius 3 is 2.26 bits per heavy atom. The van der Waals surface area contributed by atoms with E-state index in [1.807, 2.05) is 0 Å². The minimum absolute atomic E-state index is 0.501. The second kappa shape index (κ2) is 7.47. The van der Waals surface area contributed by atoms with Gasteiger partial charge in [-0.25, -0.2) is 0 Å². The predicted molar refractivity (Wildman–Crippen MR) is 88.4 cm³/mol. The minimum Gasteiger partial charge on any atom is -0.362 e. The molecule has 0 radical (unpaired) electrons. The first kappa shape index (κ1) is 16.7. The standard InChI is InChI=1S/C16H32N2S/c1-6-16(4,5)13-7-9-14(10-8-13)18-15(19)17-11-12(2)3/h12-14H,6-11H2,1-5H3,(H2,17,18,19). The van der Waals surface area contributed by atoms with Gasteiger partial charge in [0.25, 0.3) is 0 Å². The van der Waals surface area contributed by atoms with Crippen LogP contribution in [0.1, 0.15) is 66.7 Å². The molecule has 0 saturated heterocycles. The molecule has 1 aliphatic carbocycles. The van der Waals surface area contributed by atoms with Crippen LogP contribution in [0, 0.1) is 17.3 Å². The summed E-state index contributed by atoms with van der Waals surface area (Å²) in [5.41, 5.74) is 0.501. The van der Waals surface area contributed by atoms with E-state index in [0.29, 0.717) is 17.4 Å². The van der Waals surface area contributed by atoms with Crippen LogP contribution in [0.3, 0.4) is 0 Å². The first-order valence-electron chi connectivity index (χ1n) is 7.89. The quantitative estimate of drug-likeness (QED) is 0.743. The predicted octanol–water partition coefficient (Wildman–Crippen LogP) is 4.10. The molecule has 0 amide bonds. The van der Waals surface area contributed by atoms with Gasteiger partial charge in [-0.15, -0.1) is 0 Å². The van der Waals surface area contributed by atoms with Crippen LogP contribution < -0.4 is 10.6 Å². The highest BCUT2D eigenvalue weighted by Crippen LogP contribution is 2.40. The van der Waals surface area contributed by atoms with Crippen molar-refractivity contribution in [1.29, 1.82) is 0 Å². The van der Waals surface area contributed by atoms with Crippen molar-refractivity contribution in [2.24, 2.45) is 17.3 Å². The van der Waals surface area contributed by atoms with E-state index < -0.39 is 0 Å². The molecule has 3 heteroatoms. The lowest BCUT2D eigenvalue weighted by Gasteiger charge is -2.39. The molecule has 0 spiro atoms. The molecule has 19 heavy (non-hydrogen) atoms. The van der Waals surface area contributed by atoms with Crippen molar-refractivity contribution in [3.63, 3.8) is 0 Å². The maximum Gasteiger partial charge on any atom is 0.166 e. The first-order valence-corrected chi connectivity index (χ1v) is 8.30.